The van der Waals surface area contributed by atoms with Crippen LogP contribution in [-0.4, -0.2) is 22.6 Å². The summed E-state index contributed by atoms with van der Waals surface area (Å²) in [5.74, 6) is 0.631. The maximum atomic E-state index is 12.2. The molecule has 0 unspecified atom stereocenters. The van der Waals surface area contributed by atoms with E-state index in [2.05, 4.69) is 10.3 Å². The summed E-state index contributed by atoms with van der Waals surface area (Å²) >= 11 is 2.58. The van der Waals surface area contributed by atoms with Gasteiger partial charge in [0.2, 0.25) is 5.91 Å². The van der Waals surface area contributed by atoms with Crippen molar-refractivity contribution >= 4 is 33.7 Å². The van der Waals surface area contributed by atoms with Crippen molar-refractivity contribution in [3.8, 4) is 17.0 Å². The highest BCUT2D eigenvalue weighted by atomic mass is 32.1. The number of amides is 1. The zero-order valence-corrected chi connectivity index (χ0v) is 16.4. The molecule has 1 amide bonds. The van der Waals surface area contributed by atoms with E-state index in [0.717, 1.165) is 38.9 Å². The highest BCUT2D eigenvalue weighted by molar-refractivity contribution is 7.16. The Bertz CT molecular complexity index is 970. The van der Waals surface area contributed by atoms with Gasteiger partial charge in [0, 0.05) is 34.5 Å². The molecule has 6 nitrogen and oxygen atoms in total. The van der Waals surface area contributed by atoms with Crippen molar-refractivity contribution in [2.24, 2.45) is 0 Å². The van der Waals surface area contributed by atoms with Gasteiger partial charge in [-0.3, -0.25) is 9.59 Å². The third-order valence-electron chi connectivity index (χ3n) is 3.95. The summed E-state index contributed by atoms with van der Waals surface area (Å²) in [6, 6.07) is 7.65. The summed E-state index contributed by atoms with van der Waals surface area (Å²) in [6.07, 6.45) is 0.230. The van der Waals surface area contributed by atoms with E-state index in [1.807, 2.05) is 38.1 Å². The smallest absolute Gasteiger partial charge is 0.307 e. The van der Waals surface area contributed by atoms with Crippen LogP contribution in [0.15, 0.2) is 34.4 Å². The van der Waals surface area contributed by atoms with E-state index in [1.165, 1.54) is 11.3 Å². The van der Waals surface area contributed by atoms with E-state index in [0.29, 0.717) is 11.7 Å². The van der Waals surface area contributed by atoms with E-state index >= 15 is 0 Å². The molecule has 2 heterocycles. The highest BCUT2D eigenvalue weighted by Crippen LogP contribution is 2.31. The molecule has 0 saturated carbocycles. The van der Waals surface area contributed by atoms with E-state index in [4.69, 9.17) is 4.74 Å². The van der Waals surface area contributed by atoms with E-state index in [1.54, 1.807) is 17.1 Å². The predicted molar refractivity (Wildman–Crippen MR) is 105 cm³/mol. The zero-order chi connectivity index (χ0) is 18.7. The zero-order valence-electron chi connectivity index (χ0n) is 14.7. The minimum atomic E-state index is -0.155. The van der Waals surface area contributed by atoms with Crippen molar-refractivity contribution in [2.75, 3.05) is 12.4 Å². The number of methoxy groups -OCH3 is 1. The molecular formula is C18H19N3O3S2. The van der Waals surface area contributed by atoms with Gasteiger partial charge in [-0.05, 0) is 38.1 Å². The lowest BCUT2D eigenvalue weighted by Gasteiger charge is -2.04. The highest BCUT2D eigenvalue weighted by Gasteiger charge is 2.13. The molecule has 1 N–H and O–H groups in total. The average molecular weight is 390 g/mol. The molecule has 8 heteroatoms. The van der Waals surface area contributed by atoms with Gasteiger partial charge >= 0.3 is 4.87 Å². The number of hydrogen-bond donors (Lipinski definition) is 1. The van der Waals surface area contributed by atoms with Gasteiger partial charge in [0.1, 0.15) is 5.75 Å². The Hall–Kier alpha value is -2.45. The van der Waals surface area contributed by atoms with Crippen LogP contribution in [0.3, 0.4) is 0 Å². The molecule has 0 aliphatic rings. The quantitative estimate of drug-likeness (QED) is 0.698. The molecule has 0 saturated heterocycles. The number of benzene rings is 1. The monoisotopic (exact) mass is 389 g/mol. The third-order valence-corrected chi connectivity index (χ3v) is 5.71. The molecule has 0 radical (unpaired) electrons. The van der Waals surface area contributed by atoms with E-state index < -0.39 is 0 Å². The van der Waals surface area contributed by atoms with Crippen molar-refractivity contribution in [1.29, 1.82) is 0 Å². The van der Waals surface area contributed by atoms with Gasteiger partial charge in [-0.25, -0.2) is 4.98 Å². The number of aryl methyl sites for hydroxylation is 2. The summed E-state index contributed by atoms with van der Waals surface area (Å²) in [5, 5.41) is 5.19. The first-order valence-corrected chi connectivity index (χ1v) is 9.74. The van der Waals surface area contributed by atoms with Crippen LogP contribution in [0, 0.1) is 13.8 Å². The summed E-state index contributed by atoms with van der Waals surface area (Å²) in [7, 11) is 1.63. The van der Waals surface area contributed by atoms with Gasteiger partial charge in [-0.1, -0.05) is 11.3 Å². The number of nitrogens with zero attached hydrogens (tertiary/aromatic N) is 2. The Morgan fingerprint density at radius 1 is 1.27 bits per heavy atom. The second-order valence-electron chi connectivity index (χ2n) is 5.75. The van der Waals surface area contributed by atoms with Crippen molar-refractivity contribution in [3.63, 3.8) is 0 Å². The second kappa shape index (κ2) is 7.84. The number of rotatable bonds is 6. The molecule has 3 aromatic rings. The van der Waals surface area contributed by atoms with Crippen LogP contribution < -0.4 is 14.9 Å². The van der Waals surface area contributed by atoms with Crippen molar-refractivity contribution in [3.05, 3.63) is 49.9 Å². The largest absolute Gasteiger partial charge is 0.497 e. The van der Waals surface area contributed by atoms with Crippen molar-refractivity contribution in [1.82, 2.24) is 9.55 Å². The second-order valence-corrected chi connectivity index (χ2v) is 7.77. The number of aromatic nitrogens is 2. The first-order chi connectivity index (χ1) is 12.5. The summed E-state index contributed by atoms with van der Waals surface area (Å²) < 4.78 is 6.78. The third kappa shape index (κ3) is 4.03. The van der Waals surface area contributed by atoms with Crippen LogP contribution in [0.1, 0.15) is 17.0 Å². The minimum absolute atomic E-state index is 0.0396. The fraction of sp³-hybridized carbons (Fsp3) is 0.278. The van der Waals surface area contributed by atoms with Crippen molar-refractivity contribution in [2.45, 2.75) is 26.8 Å². The average Bonchev–Trinajstić information content (AvgIpc) is 3.15. The normalized spacial score (nSPS) is 10.7. The Labute approximate surface area is 159 Å². The first-order valence-electron chi connectivity index (χ1n) is 8.04. The molecule has 0 atom stereocenters. The Morgan fingerprint density at radius 3 is 2.62 bits per heavy atom. The van der Waals surface area contributed by atoms with Crippen molar-refractivity contribution < 1.29 is 9.53 Å². The Morgan fingerprint density at radius 2 is 2.00 bits per heavy atom. The van der Waals surface area contributed by atoms with Gasteiger partial charge in [0.05, 0.1) is 12.8 Å². The topological polar surface area (TPSA) is 73.2 Å². The Balaban J connectivity index is 1.66. The molecular weight excluding hydrogens is 370 g/mol. The maximum absolute atomic E-state index is 12.2. The molecule has 2 aromatic heterocycles. The summed E-state index contributed by atoms with van der Waals surface area (Å²) in [6.45, 7) is 4.21. The number of hydrogen-bond acceptors (Lipinski definition) is 6. The number of anilines is 1. The molecule has 136 valence electrons. The number of ether oxygens (including phenoxy) is 1. The summed E-state index contributed by atoms with van der Waals surface area (Å²) in [5.41, 5.74) is 2.69. The molecule has 0 spiro atoms. The van der Waals surface area contributed by atoms with Crippen LogP contribution in [-0.2, 0) is 11.3 Å². The standard InChI is InChI=1S/C18H19N3O3S2/c1-11-10-25-18(23)21(11)9-8-15(22)19-17-20-16(12(2)26-17)13-4-6-14(24-3)7-5-13/h4-7,10H,8-9H2,1-3H3,(H,19,20,22). The van der Waals surface area contributed by atoms with Gasteiger partial charge in [-0.15, -0.1) is 11.3 Å². The summed E-state index contributed by atoms with van der Waals surface area (Å²) in [4.78, 5) is 29.4. The number of nitrogens with one attached hydrogen (secondary N) is 1. The Kier molecular flexibility index (Phi) is 5.53. The van der Waals surface area contributed by atoms with Gasteiger partial charge in [-0.2, -0.15) is 0 Å². The van der Waals surface area contributed by atoms with Crippen LogP contribution in [0.4, 0.5) is 5.13 Å². The molecule has 0 aliphatic heterocycles. The number of carbonyl (C=O) groups excluding carboxylic acids is 1. The lowest BCUT2D eigenvalue weighted by molar-refractivity contribution is -0.116. The molecule has 0 aliphatic carbocycles. The molecule has 1 aromatic carbocycles. The molecule has 0 bridgehead atoms. The maximum Gasteiger partial charge on any atom is 0.307 e. The van der Waals surface area contributed by atoms with Crippen LogP contribution >= 0.6 is 22.7 Å². The SMILES string of the molecule is COc1ccc(-c2nc(NC(=O)CCn3c(C)csc3=O)sc2C)cc1. The fourth-order valence-corrected chi connectivity index (χ4v) is 4.15. The van der Waals surface area contributed by atoms with Crippen LogP contribution in [0.2, 0.25) is 0 Å². The van der Waals surface area contributed by atoms with Crippen LogP contribution in [0.25, 0.3) is 11.3 Å². The minimum Gasteiger partial charge on any atom is -0.497 e. The number of thiazole rings is 2. The first kappa shape index (κ1) is 18.3. The van der Waals surface area contributed by atoms with Gasteiger partial charge in [0.25, 0.3) is 0 Å². The fourth-order valence-electron chi connectivity index (χ4n) is 2.54. The lowest BCUT2D eigenvalue weighted by Crippen LogP contribution is -2.20. The predicted octanol–water partition coefficient (Wildman–Crippen LogP) is 3.69. The molecule has 26 heavy (non-hydrogen) atoms. The number of carbonyl (C=O) groups is 1. The van der Waals surface area contributed by atoms with Gasteiger partial charge in [0.15, 0.2) is 5.13 Å². The van der Waals surface area contributed by atoms with E-state index in [-0.39, 0.29) is 17.2 Å². The lowest BCUT2D eigenvalue weighted by atomic mass is 10.1. The molecule has 3 rings (SSSR count). The van der Waals surface area contributed by atoms with Crippen LogP contribution in [0.5, 0.6) is 5.75 Å². The van der Waals surface area contributed by atoms with Gasteiger partial charge < -0.3 is 14.6 Å². The van der Waals surface area contributed by atoms with E-state index in [9.17, 15) is 9.59 Å². The molecule has 0 fully saturated rings.